The zero-order valence-corrected chi connectivity index (χ0v) is 17.8. The van der Waals surface area contributed by atoms with Crippen LogP contribution in [0.15, 0.2) is 0 Å². The summed E-state index contributed by atoms with van der Waals surface area (Å²) in [6, 6.07) is 0. The Labute approximate surface area is 172 Å². The maximum Gasteiger partial charge on any atom is 0.312 e. The van der Waals surface area contributed by atoms with E-state index >= 15 is 0 Å². The predicted octanol–water partition coefficient (Wildman–Crippen LogP) is 2.58. The minimum atomic E-state index is -0.410. The molecular formula is C23H32O6. The van der Waals surface area contributed by atoms with E-state index in [1.54, 1.807) is 0 Å². The van der Waals surface area contributed by atoms with Crippen molar-refractivity contribution in [3.8, 4) is 0 Å². The maximum absolute atomic E-state index is 12.8. The summed E-state index contributed by atoms with van der Waals surface area (Å²) in [6.07, 6.45) is 4.18. The van der Waals surface area contributed by atoms with Crippen molar-refractivity contribution in [1.82, 2.24) is 0 Å². The highest BCUT2D eigenvalue weighted by Crippen LogP contribution is 2.66. The van der Waals surface area contributed by atoms with Gasteiger partial charge >= 0.3 is 11.9 Å². The van der Waals surface area contributed by atoms with Gasteiger partial charge in [0.1, 0.15) is 0 Å². The van der Waals surface area contributed by atoms with Crippen LogP contribution in [0.4, 0.5) is 0 Å². The molecule has 7 aliphatic rings. The zero-order valence-electron chi connectivity index (χ0n) is 17.8. The van der Waals surface area contributed by atoms with Crippen LogP contribution in [-0.4, -0.2) is 49.1 Å². The van der Waals surface area contributed by atoms with Gasteiger partial charge in [-0.25, -0.2) is 0 Å². The fraction of sp³-hybridized carbons (Fsp3) is 0.913. The Morgan fingerprint density at radius 1 is 0.966 bits per heavy atom. The second-order valence-electron chi connectivity index (χ2n) is 11.5. The Balaban J connectivity index is 1.02. The monoisotopic (exact) mass is 404 g/mol. The molecule has 1 spiro atoms. The summed E-state index contributed by atoms with van der Waals surface area (Å²) < 4.78 is 23.1. The molecular weight excluding hydrogens is 372 g/mol. The highest BCUT2D eigenvalue weighted by molar-refractivity contribution is 5.76. The van der Waals surface area contributed by atoms with E-state index in [1.165, 1.54) is 0 Å². The largest absolute Gasteiger partial charge is 0.465 e. The third-order valence-electron chi connectivity index (χ3n) is 9.15. The quantitative estimate of drug-likeness (QED) is 0.500. The van der Waals surface area contributed by atoms with Gasteiger partial charge in [-0.2, -0.15) is 0 Å². The molecule has 11 atom stereocenters. The average Bonchev–Trinajstić information content (AvgIpc) is 2.95. The van der Waals surface area contributed by atoms with Crippen molar-refractivity contribution in [2.75, 3.05) is 13.2 Å². The summed E-state index contributed by atoms with van der Waals surface area (Å²) >= 11 is 0. The maximum atomic E-state index is 12.8. The Bertz CT molecular complexity index is 754. The van der Waals surface area contributed by atoms with E-state index in [1.807, 2.05) is 13.8 Å². The molecule has 6 nitrogen and oxygen atoms in total. The third kappa shape index (κ3) is 2.48. The minimum absolute atomic E-state index is 0.0419. The van der Waals surface area contributed by atoms with Crippen LogP contribution in [-0.2, 0) is 28.5 Å². The number of rotatable bonds is 6. The molecule has 11 unspecified atom stereocenters. The SMILES string of the molecule is CC1C2CC(C3OC23)C1C(=O)OCC(C)(C)COC(=O)C1C(C)C2CC13CC2O3. The first-order chi connectivity index (χ1) is 13.7. The van der Waals surface area contributed by atoms with Crippen LogP contribution in [0.5, 0.6) is 0 Å². The normalized spacial score (nSPS) is 52.8. The van der Waals surface area contributed by atoms with Crippen molar-refractivity contribution in [3.63, 3.8) is 0 Å². The van der Waals surface area contributed by atoms with Crippen LogP contribution < -0.4 is 0 Å². The second kappa shape index (κ2) is 5.76. The molecule has 3 aliphatic heterocycles. The highest BCUT2D eigenvalue weighted by atomic mass is 16.6. The van der Waals surface area contributed by atoms with Gasteiger partial charge in [-0.05, 0) is 36.5 Å². The number of hydrogen-bond acceptors (Lipinski definition) is 6. The zero-order chi connectivity index (χ0) is 20.3. The van der Waals surface area contributed by atoms with Crippen molar-refractivity contribution >= 4 is 11.9 Å². The highest BCUT2D eigenvalue weighted by Gasteiger charge is 2.72. The average molecular weight is 405 g/mol. The molecule has 4 saturated carbocycles. The lowest BCUT2D eigenvalue weighted by atomic mass is 9.72. The van der Waals surface area contributed by atoms with E-state index in [0.717, 1.165) is 19.3 Å². The molecule has 5 bridgehead atoms. The van der Waals surface area contributed by atoms with Crippen molar-refractivity contribution in [1.29, 1.82) is 0 Å². The van der Waals surface area contributed by atoms with E-state index in [2.05, 4.69) is 13.8 Å². The Morgan fingerprint density at radius 3 is 2.24 bits per heavy atom. The summed E-state index contributed by atoms with van der Waals surface area (Å²) in [4.78, 5) is 25.6. The predicted molar refractivity (Wildman–Crippen MR) is 102 cm³/mol. The van der Waals surface area contributed by atoms with E-state index in [0.29, 0.717) is 47.9 Å². The smallest absolute Gasteiger partial charge is 0.312 e. The summed E-state index contributed by atoms with van der Waals surface area (Å²) in [7, 11) is 0. The summed E-state index contributed by atoms with van der Waals surface area (Å²) in [5.74, 6) is 1.61. The Kier molecular flexibility index (Phi) is 3.70. The van der Waals surface area contributed by atoms with Crippen LogP contribution >= 0.6 is 0 Å². The molecule has 0 amide bonds. The van der Waals surface area contributed by atoms with Crippen LogP contribution in [0.3, 0.4) is 0 Å². The molecule has 3 saturated heterocycles. The van der Waals surface area contributed by atoms with E-state index in [9.17, 15) is 9.59 Å². The van der Waals surface area contributed by atoms with E-state index in [4.69, 9.17) is 18.9 Å². The molecule has 0 aromatic heterocycles. The van der Waals surface area contributed by atoms with Crippen molar-refractivity contribution in [2.24, 2.45) is 46.8 Å². The van der Waals surface area contributed by atoms with Crippen LogP contribution in [0.1, 0.15) is 47.0 Å². The van der Waals surface area contributed by atoms with Crippen molar-refractivity contribution in [2.45, 2.75) is 70.9 Å². The molecule has 0 radical (unpaired) electrons. The van der Waals surface area contributed by atoms with Gasteiger partial charge in [0.15, 0.2) is 0 Å². The Morgan fingerprint density at radius 2 is 1.62 bits per heavy atom. The third-order valence-corrected chi connectivity index (χ3v) is 9.15. The van der Waals surface area contributed by atoms with Gasteiger partial charge in [-0.15, -0.1) is 0 Å². The fourth-order valence-electron chi connectivity index (χ4n) is 7.62. The first-order valence-corrected chi connectivity index (χ1v) is 11.4. The van der Waals surface area contributed by atoms with Gasteiger partial charge in [0.25, 0.3) is 0 Å². The molecule has 29 heavy (non-hydrogen) atoms. The molecule has 0 aromatic rings. The lowest BCUT2D eigenvalue weighted by Gasteiger charge is -2.49. The van der Waals surface area contributed by atoms with Gasteiger partial charge < -0.3 is 18.9 Å². The fourth-order valence-corrected chi connectivity index (χ4v) is 7.62. The Hall–Kier alpha value is -1.14. The number of hydrogen-bond donors (Lipinski definition) is 0. The molecule has 4 aliphatic carbocycles. The number of carbonyl (C=O) groups is 2. The molecule has 160 valence electrons. The lowest BCUT2D eigenvalue weighted by molar-refractivity contribution is -0.231. The van der Waals surface area contributed by atoms with Gasteiger partial charge in [0.05, 0.1) is 49.0 Å². The summed E-state index contributed by atoms with van der Waals surface area (Å²) in [5.41, 5.74) is -0.657. The van der Waals surface area contributed by atoms with E-state index < -0.39 is 5.41 Å². The number of fused-ring (bicyclic) bond motifs is 5. The van der Waals surface area contributed by atoms with Gasteiger partial charge in [-0.1, -0.05) is 27.7 Å². The molecule has 3 heterocycles. The summed E-state index contributed by atoms with van der Waals surface area (Å²) in [5, 5.41) is 0. The molecule has 0 N–H and O–H groups in total. The lowest BCUT2D eigenvalue weighted by Crippen LogP contribution is -2.57. The first kappa shape index (κ1) is 18.6. The number of ether oxygens (including phenoxy) is 4. The number of epoxide rings is 1. The molecule has 7 rings (SSSR count). The van der Waals surface area contributed by atoms with Crippen LogP contribution in [0.25, 0.3) is 0 Å². The molecule has 6 heteroatoms. The van der Waals surface area contributed by atoms with Crippen molar-refractivity contribution in [3.05, 3.63) is 0 Å². The summed E-state index contributed by atoms with van der Waals surface area (Å²) in [6.45, 7) is 8.80. The van der Waals surface area contributed by atoms with Crippen molar-refractivity contribution < 1.29 is 28.5 Å². The topological polar surface area (TPSA) is 74.4 Å². The minimum Gasteiger partial charge on any atom is -0.465 e. The van der Waals surface area contributed by atoms with Crippen LogP contribution in [0, 0.1) is 46.8 Å². The van der Waals surface area contributed by atoms with Gasteiger partial charge in [0.2, 0.25) is 0 Å². The van der Waals surface area contributed by atoms with E-state index in [-0.39, 0.29) is 42.6 Å². The standard InChI is InChI=1S/C23H32O6/c1-10-12-5-13(19-18(12)28-19)16(10)20(24)26-8-22(3,4)9-27-21(25)17-11(2)14-6-23(17)7-15(14)29-23/h10-19H,5-9H2,1-4H3. The molecule has 0 aromatic carbocycles. The van der Waals surface area contributed by atoms with Gasteiger partial charge in [0, 0.05) is 17.8 Å². The number of esters is 2. The number of carbonyl (C=O) groups excluding carboxylic acids is 2. The van der Waals surface area contributed by atoms with Gasteiger partial charge in [-0.3, -0.25) is 9.59 Å². The molecule has 7 fully saturated rings. The van der Waals surface area contributed by atoms with Crippen LogP contribution in [0.2, 0.25) is 0 Å². The second-order valence-corrected chi connectivity index (χ2v) is 11.5. The first-order valence-electron chi connectivity index (χ1n) is 11.4.